The molecule has 1 fully saturated rings. The lowest BCUT2D eigenvalue weighted by molar-refractivity contribution is -0.121. The van der Waals surface area contributed by atoms with Crippen molar-refractivity contribution >= 4 is 11.8 Å². The van der Waals surface area contributed by atoms with Crippen LogP contribution in [0.3, 0.4) is 0 Å². The Morgan fingerprint density at radius 1 is 1.27 bits per heavy atom. The van der Waals surface area contributed by atoms with E-state index in [-0.39, 0.29) is 11.8 Å². The Hall–Kier alpha value is -1.98. The molecule has 0 radical (unpaired) electrons. The van der Waals surface area contributed by atoms with E-state index < -0.39 is 0 Å². The average molecular weight is 304 g/mol. The van der Waals surface area contributed by atoms with Crippen molar-refractivity contribution in [3.63, 3.8) is 0 Å². The topological polar surface area (TPSA) is 75.2 Å². The normalized spacial score (nSPS) is 13.7. The minimum Gasteiger partial charge on any atom is -0.353 e. The third-order valence-electron chi connectivity index (χ3n) is 3.62. The van der Waals surface area contributed by atoms with E-state index in [4.69, 9.17) is 0 Å². The van der Waals surface area contributed by atoms with E-state index >= 15 is 0 Å². The molecule has 1 heterocycles. The third kappa shape index (κ3) is 5.09. The Labute approximate surface area is 131 Å². The zero-order valence-corrected chi connectivity index (χ0v) is 13.3. The second-order valence-corrected chi connectivity index (χ2v) is 5.78. The molecule has 22 heavy (non-hydrogen) atoms. The van der Waals surface area contributed by atoms with E-state index in [1.54, 1.807) is 11.1 Å². The molecule has 6 nitrogen and oxygen atoms in total. The van der Waals surface area contributed by atoms with Gasteiger partial charge in [0.2, 0.25) is 5.91 Å². The first-order valence-electron chi connectivity index (χ1n) is 7.97. The lowest BCUT2D eigenvalue weighted by Gasteiger charge is -2.22. The van der Waals surface area contributed by atoms with Crippen LogP contribution in [0, 0.1) is 6.92 Å². The van der Waals surface area contributed by atoms with Crippen LogP contribution >= 0.6 is 0 Å². The van der Waals surface area contributed by atoms with E-state index in [1.807, 2.05) is 6.92 Å². The van der Waals surface area contributed by atoms with Crippen molar-refractivity contribution in [1.82, 2.24) is 20.2 Å². The van der Waals surface area contributed by atoms with Gasteiger partial charge in [0.05, 0.1) is 11.9 Å². The first kappa shape index (κ1) is 16.4. The van der Waals surface area contributed by atoms with E-state index in [0.29, 0.717) is 31.2 Å². The highest BCUT2D eigenvalue weighted by atomic mass is 16.2. The smallest absolute Gasteiger partial charge is 0.274 e. The molecular weight excluding hydrogens is 280 g/mol. The molecule has 0 spiro atoms. The lowest BCUT2D eigenvalue weighted by atomic mass is 10.2. The van der Waals surface area contributed by atoms with E-state index in [9.17, 15) is 9.59 Å². The molecule has 0 aromatic carbocycles. The predicted octanol–water partition coefficient (Wildman–Crippen LogP) is 1.70. The zero-order chi connectivity index (χ0) is 15.9. The van der Waals surface area contributed by atoms with E-state index in [2.05, 4.69) is 22.2 Å². The van der Waals surface area contributed by atoms with Crippen LogP contribution in [0.2, 0.25) is 0 Å². The summed E-state index contributed by atoms with van der Waals surface area (Å²) in [5.41, 5.74) is 1.12. The molecule has 1 aliphatic rings. The SMILES string of the molecule is CCCCN(CCC(=O)NC1CC1)C(=O)c1cnc(C)cn1. The molecule has 6 heteroatoms. The molecule has 0 unspecified atom stereocenters. The van der Waals surface area contributed by atoms with Gasteiger partial charge in [0.1, 0.15) is 5.69 Å². The van der Waals surface area contributed by atoms with Crippen LogP contribution in [0.4, 0.5) is 0 Å². The second-order valence-electron chi connectivity index (χ2n) is 5.78. The fraction of sp³-hybridized carbons (Fsp3) is 0.625. The molecule has 2 amide bonds. The number of nitrogens with one attached hydrogen (secondary N) is 1. The van der Waals surface area contributed by atoms with Gasteiger partial charge in [0, 0.05) is 31.7 Å². The largest absolute Gasteiger partial charge is 0.353 e. The minimum atomic E-state index is -0.153. The molecule has 0 saturated heterocycles. The Morgan fingerprint density at radius 2 is 2.05 bits per heavy atom. The standard InChI is InChI=1S/C16H24N4O2/c1-3-4-8-20(9-7-15(21)19-13-5-6-13)16(22)14-11-17-12(2)10-18-14/h10-11,13H,3-9H2,1-2H3,(H,19,21). The number of rotatable bonds is 8. The zero-order valence-electron chi connectivity index (χ0n) is 13.3. The van der Waals surface area contributed by atoms with Crippen molar-refractivity contribution in [1.29, 1.82) is 0 Å². The maximum absolute atomic E-state index is 12.5. The lowest BCUT2D eigenvalue weighted by Crippen LogP contribution is -2.36. The molecular formula is C16H24N4O2. The van der Waals surface area contributed by atoms with Crippen LogP contribution in [-0.4, -0.2) is 45.8 Å². The Bertz CT molecular complexity index is 511. The van der Waals surface area contributed by atoms with E-state index in [1.165, 1.54) is 6.20 Å². The number of carbonyl (C=O) groups is 2. The molecule has 1 aromatic heterocycles. The summed E-state index contributed by atoms with van der Waals surface area (Å²) in [5.74, 6) is -0.132. The van der Waals surface area contributed by atoms with Gasteiger partial charge in [-0.15, -0.1) is 0 Å². The van der Waals surface area contributed by atoms with Crippen molar-refractivity contribution in [3.8, 4) is 0 Å². The number of nitrogens with zero attached hydrogens (tertiary/aromatic N) is 3. The molecule has 120 valence electrons. The number of amides is 2. The van der Waals surface area contributed by atoms with Crippen molar-refractivity contribution in [3.05, 3.63) is 23.8 Å². The van der Waals surface area contributed by atoms with Gasteiger partial charge in [0.15, 0.2) is 0 Å². The summed E-state index contributed by atoms with van der Waals surface area (Å²) in [6.45, 7) is 4.97. The Kier molecular flexibility index (Phi) is 5.86. The van der Waals surface area contributed by atoms with Crippen molar-refractivity contribution < 1.29 is 9.59 Å². The first-order valence-corrected chi connectivity index (χ1v) is 7.97. The number of hydrogen-bond acceptors (Lipinski definition) is 4. The van der Waals surface area contributed by atoms with Crippen molar-refractivity contribution in [2.45, 2.75) is 52.0 Å². The monoisotopic (exact) mass is 304 g/mol. The minimum absolute atomic E-state index is 0.0202. The van der Waals surface area contributed by atoms with Crippen LogP contribution in [0.15, 0.2) is 12.4 Å². The average Bonchev–Trinajstić information content (AvgIpc) is 3.31. The predicted molar refractivity (Wildman–Crippen MR) is 83.4 cm³/mol. The van der Waals surface area contributed by atoms with Gasteiger partial charge in [-0.25, -0.2) is 4.98 Å². The van der Waals surface area contributed by atoms with Crippen LogP contribution in [-0.2, 0) is 4.79 Å². The number of hydrogen-bond donors (Lipinski definition) is 1. The highest BCUT2D eigenvalue weighted by Crippen LogP contribution is 2.18. The molecule has 0 aliphatic heterocycles. The Morgan fingerprint density at radius 3 is 2.64 bits per heavy atom. The fourth-order valence-electron chi connectivity index (χ4n) is 2.09. The summed E-state index contributed by atoms with van der Waals surface area (Å²) in [6, 6.07) is 0.357. The van der Waals surface area contributed by atoms with Crippen LogP contribution in [0.5, 0.6) is 0 Å². The Balaban J connectivity index is 1.92. The second kappa shape index (κ2) is 7.87. The number of carbonyl (C=O) groups excluding carboxylic acids is 2. The molecule has 1 saturated carbocycles. The number of aromatic nitrogens is 2. The van der Waals surface area contributed by atoms with Gasteiger partial charge in [-0.1, -0.05) is 13.3 Å². The summed E-state index contributed by atoms with van der Waals surface area (Å²) < 4.78 is 0. The van der Waals surface area contributed by atoms with Crippen molar-refractivity contribution in [2.24, 2.45) is 0 Å². The van der Waals surface area contributed by atoms with Crippen LogP contribution < -0.4 is 5.32 Å². The molecule has 1 aliphatic carbocycles. The maximum atomic E-state index is 12.5. The van der Waals surface area contributed by atoms with Gasteiger partial charge >= 0.3 is 0 Å². The third-order valence-corrected chi connectivity index (χ3v) is 3.62. The first-order chi connectivity index (χ1) is 10.6. The van der Waals surface area contributed by atoms with Crippen molar-refractivity contribution in [2.75, 3.05) is 13.1 Å². The van der Waals surface area contributed by atoms with Gasteiger partial charge in [0.25, 0.3) is 5.91 Å². The molecule has 1 N–H and O–H groups in total. The number of aryl methyl sites for hydroxylation is 1. The summed E-state index contributed by atoms with van der Waals surface area (Å²) in [4.78, 5) is 34.3. The highest BCUT2D eigenvalue weighted by Gasteiger charge is 2.24. The maximum Gasteiger partial charge on any atom is 0.274 e. The molecule has 2 rings (SSSR count). The fourth-order valence-corrected chi connectivity index (χ4v) is 2.09. The molecule has 0 bridgehead atoms. The van der Waals surface area contributed by atoms with E-state index in [0.717, 1.165) is 31.4 Å². The summed E-state index contributed by atoms with van der Waals surface area (Å²) in [6.07, 6.45) is 7.48. The van der Waals surface area contributed by atoms with Gasteiger partial charge < -0.3 is 10.2 Å². The summed E-state index contributed by atoms with van der Waals surface area (Å²) >= 11 is 0. The van der Waals surface area contributed by atoms with Crippen LogP contribution in [0.1, 0.15) is 55.2 Å². The summed E-state index contributed by atoms with van der Waals surface area (Å²) in [7, 11) is 0. The molecule has 0 atom stereocenters. The summed E-state index contributed by atoms with van der Waals surface area (Å²) in [5, 5.41) is 2.95. The highest BCUT2D eigenvalue weighted by molar-refractivity contribution is 5.92. The van der Waals surface area contributed by atoms with Gasteiger partial charge in [-0.3, -0.25) is 14.6 Å². The van der Waals surface area contributed by atoms with Gasteiger partial charge in [-0.2, -0.15) is 0 Å². The quantitative estimate of drug-likeness (QED) is 0.793. The molecule has 1 aromatic rings. The van der Waals surface area contributed by atoms with Crippen LogP contribution in [0.25, 0.3) is 0 Å². The van der Waals surface area contributed by atoms with Gasteiger partial charge in [-0.05, 0) is 26.2 Å². The number of unbranched alkanes of at least 4 members (excludes halogenated alkanes) is 1.